The van der Waals surface area contributed by atoms with Gasteiger partial charge in [0, 0.05) is 19.6 Å². The van der Waals surface area contributed by atoms with Gasteiger partial charge in [-0.2, -0.15) is 0 Å². The van der Waals surface area contributed by atoms with Crippen LogP contribution in [0.2, 0.25) is 5.02 Å². The standard InChI is InChI=1S/C23H17ClF2N4O3/c1-11(28-14-4-5-18(24)16(9-14)23(32)33)15-7-13(26)8-17-20(15)29-21(30(2)22(17)31)19-6-3-12(25)10-27-19/h3-11,28H,1-2H3,(H,32,33)/i2D. The number of hydrogen-bond acceptors (Lipinski definition) is 5. The minimum atomic E-state index is -1.20. The van der Waals surface area contributed by atoms with Crippen LogP contribution in [0.1, 0.15) is 30.3 Å². The first-order chi connectivity index (χ1) is 16.2. The zero-order valence-corrected chi connectivity index (χ0v) is 17.9. The molecule has 0 spiro atoms. The number of benzene rings is 2. The zero-order chi connectivity index (χ0) is 24.6. The average Bonchev–Trinajstić information content (AvgIpc) is 2.80. The van der Waals surface area contributed by atoms with E-state index in [1.807, 2.05) is 0 Å². The molecule has 0 fully saturated rings. The number of nitrogens with zero attached hydrogens (tertiary/aromatic N) is 3. The van der Waals surface area contributed by atoms with Crippen molar-refractivity contribution in [1.82, 2.24) is 14.5 Å². The third kappa shape index (κ3) is 4.27. The fourth-order valence-electron chi connectivity index (χ4n) is 3.46. The average molecular weight is 472 g/mol. The van der Waals surface area contributed by atoms with E-state index in [-0.39, 0.29) is 33.0 Å². The first-order valence-corrected chi connectivity index (χ1v) is 10.0. The van der Waals surface area contributed by atoms with Crippen LogP contribution in [0, 0.1) is 11.6 Å². The second-order valence-electron chi connectivity index (χ2n) is 7.29. The van der Waals surface area contributed by atoms with Gasteiger partial charge in [0.2, 0.25) is 0 Å². The number of carbonyl (C=O) groups is 1. The Labute approximate surface area is 192 Å². The van der Waals surface area contributed by atoms with Crippen LogP contribution in [0.25, 0.3) is 22.4 Å². The Morgan fingerprint density at radius 1 is 1.21 bits per heavy atom. The van der Waals surface area contributed by atoms with Crippen molar-refractivity contribution in [2.75, 3.05) is 5.32 Å². The Morgan fingerprint density at radius 3 is 2.67 bits per heavy atom. The summed E-state index contributed by atoms with van der Waals surface area (Å²) >= 11 is 5.93. The van der Waals surface area contributed by atoms with E-state index in [2.05, 4.69) is 15.3 Å². The molecule has 4 rings (SSSR count). The van der Waals surface area contributed by atoms with Gasteiger partial charge in [-0.25, -0.2) is 23.5 Å². The van der Waals surface area contributed by atoms with Crippen LogP contribution in [0.15, 0.2) is 53.5 Å². The van der Waals surface area contributed by atoms with E-state index in [1.165, 1.54) is 24.3 Å². The molecule has 0 saturated heterocycles. The minimum Gasteiger partial charge on any atom is -0.478 e. The van der Waals surface area contributed by atoms with Gasteiger partial charge >= 0.3 is 5.97 Å². The minimum absolute atomic E-state index is 0.0345. The van der Waals surface area contributed by atoms with Crippen molar-refractivity contribution in [2.45, 2.75) is 13.0 Å². The summed E-state index contributed by atoms with van der Waals surface area (Å²) in [4.78, 5) is 33.0. The number of carboxylic acid groups (broad SMARTS) is 1. The fourth-order valence-corrected chi connectivity index (χ4v) is 3.65. The molecule has 168 valence electrons. The van der Waals surface area contributed by atoms with Gasteiger partial charge in [-0.3, -0.25) is 9.36 Å². The molecular weight excluding hydrogens is 454 g/mol. The number of nitrogens with one attached hydrogen (secondary N) is 1. The number of rotatable bonds is 5. The molecule has 0 saturated carbocycles. The van der Waals surface area contributed by atoms with Crippen LogP contribution >= 0.6 is 11.6 Å². The van der Waals surface area contributed by atoms with Gasteiger partial charge in [0.15, 0.2) is 5.82 Å². The largest absolute Gasteiger partial charge is 0.478 e. The highest BCUT2D eigenvalue weighted by Gasteiger charge is 2.19. The highest BCUT2D eigenvalue weighted by atomic mass is 35.5. The molecule has 1 unspecified atom stereocenters. The molecule has 0 amide bonds. The molecule has 2 N–H and O–H groups in total. The van der Waals surface area contributed by atoms with E-state index >= 15 is 0 Å². The number of fused-ring (bicyclic) bond motifs is 1. The normalized spacial score (nSPS) is 12.4. The summed E-state index contributed by atoms with van der Waals surface area (Å²) in [5, 5.41) is 12.4. The van der Waals surface area contributed by atoms with Crippen molar-refractivity contribution < 1.29 is 20.1 Å². The maximum absolute atomic E-state index is 14.5. The summed E-state index contributed by atoms with van der Waals surface area (Å²) in [5.41, 5.74) is 0.320. The molecule has 0 aliphatic carbocycles. The smallest absolute Gasteiger partial charge is 0.337 e. The molecule has 2 aromatic carbocycles. The first-order valence-electron chi connectivity index (χ1n) is 10.3. The quantitative estimate of drug-likeness (QED) is 0.434. The molecular formula is C23H17ClF2N4O3. The third-order valence-corrected chi connectivity index (χ3v) is 5.39. The molecule has 0 radical (unpaired) electrons. The first kappa shape index (κ1) is 21.0. The topological polar surface area (TPSA) is 97.1 Å². The molecule has 0 aliphatic rings. The van der Waals surface area contributed by atoms with Gasteiger partial charge < -0.3 is 10.4 Å². The summed E-state index contributed by atoms with van der Waals surface area (Å²) in [6.45, 7) is 1.69. The summed E-state index contributed by atoms with van der Waals surface area (Å²) in [5.74, 6) is -2.42. The van der Waals surface area contributed by atoms with Crippen LogP contribution < -0.4 is 10.9 Å². The van der Waals surface area contributed by atoms with Gasteiger partial charge in [-0.1, -0.05) is 11.6 Å². The molecule has 10 heteroatoms. The van der Waals surface area contributed by atoms with Crippen LogP contribution in [0.5, 0.6) is 0 Å². The number of aromatic carboxylic acids is 1. The number of hydrogen-bond donors (Lipinski definition) is 2. The number of anilines is 1. The van der Waals surface area contributed by atoms with E-state index in [4.69, 9.17) is 13.0 Å². The van der Waals surface area contributed by atoms with Crippen LogP contribution in [0.3, 0.4) is 0 Å². The summed E-state index contributed by atoms with van der Waals surface area (Å²) in [6, 6.07) is 8.47. The summed E-state index contributed by atoms with van der Waals surface area (Å²) in [6.07, 6.45) is 0.969. The Bertz CT molecular complexity index is 1480. The third-order valence-electron chi connectivity index (χ3n) is 5.06. The molecule has 1 atom stereocenters. The van der Waals surface area contributed by atoms with Crippen LogP contribution in [-0.4, -0.2) is 25.6 Å². The van der Waals surface area contributed by atoms with Crippen LogP contribution in [-0.2, 0) is 7.02 Å². The van der Waals surface area contributed by atoms with E-state index in [0.717, 1.165) is 22.9 Å². The predicted molar refractivity (Wildman–Crippen MR) is 121 cm³/mol. The summed E-state index contributed by atoms with van der Waals surface area (Å²) in [7, 11) is -0.501. The van der Waals surface area contributed by atoms with Crippen molar-refractivity contribution in [3.63, 3.8) is 0 Å². The maximum atomic E-state index is 14.5. The monoisotopic (exact) mass is 471 g/mol. The number of pyridine rings is 1. The molecule has 33 heavy (non-hydrogen) atoms. The van der Waals surface area contributed by atoms with Gasteiger partial charge in [-0.05, 0) is 49.4 Å². The van der Waals surface area contributed by atoms with Gasteiger partial charge in [0.1, 0.15) is 17.3 Å². The van der Waals surface area contributed by atoms with Crippen molar-refractivity contribution >= 4 is 34.2 Å². The molecule has 2 aromatic heterocycles. The second-order valence-corrected chi connectivity index (χ2v) is 7.69. The Morgan fingerprint density at radius 2 is 2.00 bits per heavy atom. The van der Waals surface area contributed by atoms with E-state index in [9.17, 15) is 23.5 Å². The van der Waals surface area contributed by atoms with E-state index < -0.39 is 36.2 Å². The van der Waals surface area contributed by atoms with Crippen molar-refractivity contribution in [2.24, 2.45) is 7.02 Å². The lowest BCUT2D eigenvalue weighted by atomic mass is 10.0. The molecule has 2 heterocycles. The highest BCUT2D eigenvalue weighted by molar-refractivity contribution is 6.33. The lowest BCUT2D eigenvalue weighted by Gasteiger charge is -2.19. The van der Waals surface area contributed by atoms with Crippen molar-refractivity contribution in [3.8, 4) is 11.5 Å². The van der Waals surface area contributed by atoms with E-state index in [0.29, 0.717) is 11.3 Å². The second kappa shape index (κ2) is 8.59. The van der Waals surface area contributed by atoms with E-state index in [1.54, 1.807) is 13.0 Å². The Balaban J connectivity index is 1.87. The number of aromatic nitrogens is 3. The lowest BCUT2D eigenvalue weighted by molar-refractivity contribution is 0.0697. The van der Waals surface area contributed by atoms with Gasteiger partial charge in [0.25, 0.3) is 5.56 Å². The number of carboxylic acids is 1. The Hall–Kier alpha value is -3.85. The fraction of sp³-hybridized carbons (Fsp3) is 0.130. The van der Waals surface area contributed by atoms with Gasteiger partial charge in [-0.15, -0.1) is 0 Å². The molecule has 0 aliphatic heterocycles. The van der Waals surface area contributed by atoms with Crippen molar-refractivity contribution in [1.29, 1.82) is 0 Å². The lowest BCUT2D eigenvalue weighted by Crippen LogP contribution is -2.22. The van der Waals surface area contributed by atoms with Crippen molar-refractivity contribution in [3.05, 3.63) is 86.8 Å². The maximum Gasteiger partial charge on any atom is 0.337 e. The SMILES string of the molecule is [2H]Cn1c(-c2ccc(F)cn2)nc2c(C(C)Nc3ccc(Cl)c(C(=O)O)c3)cc(F)cc2c1=O. The molecule has 7 nitrogen and oxygen atoms in total. The van der Waals surface area contributed by atoms with Gasteiger partial charge in [0.05, 0.1) is 33.7 Å². The summed E-state index contributed by atoms with van der Waals surface area (Å²) < 4.78 is 36.6. The number of halogens is 3. The van der Waals surface area contributed by atoms with Crippen LogP contribution in [0.4, 0.5) is 14.5 Å². The zero-order valence-electron chi connectivity index (χ0n) is 18.1. The Kier molecular flexibility index (Phi) is 5.47. The molecule has 4 aromatic rings. The predicted octanol–water partition coefficient (Wildman–Crippen LogP) is 4.80. The molecule has 0 bridgehead atoms. The highest BCUT2D eigenvalue weighted by Crippen LogP contribution is 2.29.